The molecule has 0 aliphatic carbocycles. The Balaban J connectivity index is 1.18. The third-order valence-corrected chi connectivity index (χ3v) is 15.6. The highest BCUT2D eigenvalue weighted by Crippen LogP contribution is 2.43. The monoisotopic (exact) mass is 980 g/mol. The molecule has 0 spiro atoms. The van der Waals surface area contributed by atoms with Crippen molar-refractivity contribution in [2.75, 3.05) is 31.1 Å². The number of thioether (sulfide) groups is 4. The minimum Gasteiger partial charge on any atom is -0.297 e. The molecular formula is C51H40N4O9S4. The van der Waals surface area contributed by atoms with Crippen molar-refractivity contribution in [1.82, 2.24) is 0 Å². The lowest BCUT2D eigenvalue weighted by molar-refractivity contribution is -0.121. The number of nitrogens with zero attached hydrogens (tertiary/aromatic N) is 4. The van der Waals surface area contributed by atoms with Gasteiger partial charge in [0.2, 0.25) is 0 Å². The number of hydrogen-bond acceptors (Lipinski definition) is 13. The molecule has 0 bridgehead atoms. The van der Waals surface area contributed by atoms with Crippen LogP contribution in [0.4, 0.5) is 22.7 Å². The molecule has 4 aromatic carbocycles. The van der Waals surface area contributed by atoms with E-state index in [4.69, 9.17) is 0 Å². The van der Waals surface area contributed by atoms with Gasteiger partial charge in [-0.1, -0.05) is 60.3 Å². The molecule has 4 aliphatic heterocycles. The Kier molecular flexibility index (Phi) is 14.2. The minimum atomic E-state index is -1.00. The number of rotatable bonds is 17. The normalized spacial score (nSPS) is 16.9. The molecule has 4 heterocycles. The molecule has 17 heteroatoms. The Morgan fingerprint density at radius 3 is 1.21 bits per heavy atom. The van der Waals surface area contributed by atoms with Crippen molar-refractivity contribution < 1.29 is 43.2 Å². The van der Waals surface area contributed by atoms with Crippen molar-refractivity contribution in [2.45, 2.75) is 58.9 Å². The Bertz CT molecular complexity index is 3060. The number of amides is 8. The van der Waals surface area contributed by atoms with E-state index in [0.29, 0.717) is 53.5 Å². The second-order valence-corrected chi connectivity index (χ2v) is 20.0. The average molecular weight is 981 g/mol. The molecule has 8 amide bonds. The molecule has 1 atom stereocenters. The van der Waals surface area contributed by atoms with Crippen molar-refractivity contribution in [3.05, 3.63) is 155 Å². The summed E-state index contributed by atoms with van der Waals surface area (Å²) < 4.78 is 0. The summed E-state index contributed by atoms with van der Waals surface area (Å²) in [4.78, 5) is 127. The van der Waals surface area contributed by atoms with Gasteiger partial charge in [0.05, 0.1) is 33.8 Å². The fraction of sp³-hybridized carbons (Fsp3) is 0.157. The Hall–Kier alpha value is -6.79. The van der Waals surface area contributed by atoms with Gasteiger partial charge in [0, 0.05) is 71.9 Å². The minimum absolute atomic E-state index is 0.149. The van der Waals surface area contributed by atoms with Gasteiger partial charge in [-0.05, 0) is 93.6 Å². The molecule has 0 N–H and O–H groups in total. The van der Waals surface area contributed by atoms with Gasteiger partial charge in [-0.3, -0.25) is 43.2 Å². The van der Waals surface area contributed by atoms with Crippen LogP contribution in [0.5, 0.6) is 0 Å². The number of para-hydroxylation sites is 4. The van der Waals surface area contributed by atoms with E-state index in [2.05, 4.69) is 0 Å². The van der Waals surface area contributed by atoms with E-state index in [1.54, 1.807) is 125 Å². The van der Waals surface area contributed by atoms with Crippen molar-refractivity contribution in [3.8, 4) is 0 Å². The number of benzene rings is 4. The lowest BCUT2D eigenvalue weighted by Crippen LogP contribution is -2.31. The second-order valence-electron chi connectivity index (χ2n) is 15.8. The van der Waals surface area contributed by atoms with Crippen LogP contribution in [0.25, 0.3) is 0 Å². The Morgan fingerprint density at radius 2 is 0.809 bits per heavy atom. The van der Waals surface area contributed by atoms with E-state index in [1.807, 2.05) is 5.41 Å². The highest BCUT2D eigenvalue weighted by molar-refractivity contribution is 8.03. The zero-order valence-corrected chi connectivity index (χ0v) is 40.2. The largest absolute Gasteiger partial charge is 0.297 e. The molecule has 13 nitrogen and oxygen atoms in total. The van der Waals surface area contributed by atoms with Crippen LogP contribution in [-0.2, 0) is 43.2 Å². The topological polar surface area (TPSA) is 167 Å². The van der Waals surface area contributed by atoms with Crippen LogP contribution in [0.2, 0.25) is 0 Å². The van der Waals surface area contributed by atoms with Gasteiger partial charge in [0.15, 0.2) is 5.78 Å². The van der Waals surface area contributed by atoms with Crippen LogP contribution < -0.4 is 19.6 Å². The number of carbonyl (C=O) groups excluding carboxylic acids is 9. The lowest BCUT2D eigenvalue weighted by Gasteiger charge is -2.24. The van der Waals surface area contributed by atoms with Crippen LogP contribution in [0.1, 0.15) is 34.1 Å². The molecule has 0 fully saturated rings. The van der Waals surface area contributed by atoms with Gasteiger partial charge in [-0.15, -0.1) is 35.3 Å². The predicted octanol–water partition coefficient (Wildman–Crippen LogP) is 8.65. The van der Waals surface area contributed by atoms with E-state index in [-0.39, 0.29) is 40.4 Å². The fourth-order valence-corrected chi connectivity index (χ4v) is 12.0. The van der Waals surface area contributed by atoms with Crippen LogP contribution in [0.3, 0.4) is 0 Å². The third kappa shape index (κ3) is 9.51. The van der Waals surface area contributed by atoms with Gasteiger partial charge < -0.3 is 0 Å². The predicted molar refractivity (Wildman–Crippen MR) is 265 cm³/mol. The van der Waals surface area contributed by atoms with Crippen molar-refractivity contribution >= 4 is 123 Å². The first-order valence-electron chi connectivity index (χ1n) is 21.1. The number of hydrogen-bond donors (Lipinski definition) is 0. The Labute approximate surface area is 408 Å². The lowest BCUT2D eigenvalue weighted by atomic mass is 10.1. The quantitative estimate of drug-likeness (QED) is 0.0730. The molecule has 0 saturated heterocycles. The van der Waals surface area contributed by atoms with Crippen molar-refractivity contribution in [2.24, 2.45) is 0 Å². The second kappa shape index (κ2) is 20.2. The zero-order chi connectivity index (χ0) is 48.4. The van der Waals surface area contributed by atoms with E-state index in [9.17, 15) is 38.4 Å². The SMILES string of the molecule is CC1=CC(=O)N(c2ccccc2SC=C(CCSc2ccccc2N2C(=O)C=C(C)C2=O)C(Sc2ccccc2N2C(=O)C=C(C)C2=O)C(=O)CSc2ccccc2N2C(=O)C=C(C)C2=O)C1=O. The van der Waals surface area contributed by atoms with E-state index in [1.165, 1.54) is 47.8 Å². The molecule has 0 radical (unpaired) electrons. The van der Waals surface area contributed by atoms with Crippen LogP contribution in [0, 0.1) is 0 Å². The first-order chi connectivity index (χ1) is 32.6. The summed E-state index contributed by atoms with van der Waals surface area (Å²) in [6.07, 6.45) is 5.34. The number of Topliss-reactive ketones (excluding diaryl/α,β-unsaturated/α-hetero) is 1. The third-order valence-electron chi connectivity index (χ3n) is 11.1. The van der Waals surface area contributed by atoms with E-state index < -0.39 is 52.5 Å². The molecule has 68 heavy (non-hydrogen) atoms. The highest BCUT2D eigenvalue weighted by Gasteiger charge is 2.36. The zero-order valence-electron chi connectivity index (χ0n) is 36.9. The number of imide groups is 4. The smallest absolute Gasteiger partial charge is 0.261 e. The summed E-state index contributed by atoms with van der Waals surface area (Å²) in [5.74, 6) is -3.93. The standard InChI is InChI=1S/C51H40N4O9S4/c1-29-23-43(57)52(48(29)61)34-13-5-9-17-39(34)65-22-21-33(27-66-40-18-10-6-14-35(40)53-44(58)24-30(2)49(53)62)47(68-42-20-12-8-16-37(42)55-46(60)26-32(4)51(55)64)38(56)28-67-41-19-11-7-15-36(41)54-45(59)25-31(3)50(54)63/h5-20,23-27,47H,21-22,28H2,1-4H3. The molecule has 4 aromatic rings. The molecule has 0 saturated carbocycles. The summed E-state index contributed by atoms with van der Waals surface area (Å²) in [5, 5.41) is 0.807. The van der Waals surface area contributed by atoms with Gasteiger partial charge in [-0.25, -0.2) is 19.6 Å². The fourth-order valence-electron chi connectivity index (χ4n) is 7.64. The van der Waals surface area contributed by atoms with Gasteiger partial charge in [-0.2, -0.15) is 0 Å². The Morgan fingerprint density at radius 1 is 0.471 bits per heavy atom. The first-order valence-corrected chi connectivity index (χ1v) is 24.8. The maximum Gasteiger partial charge on any atom is 0.261 e. The number of anilines is 4. The molecule has 8 rings (SSSR count). The van der Waals surface area contributed by atoms with Crippen molar-refractivity contribution in [1.29, 1.82) is 0 Å². The van der Waals surface area contributed by atoms with Gasteiger partial charge >= 0.3 is 0 Å². The van der Waals surface area contributed by atoms with Gasteiger partial charge in [0.1, 0.15) is 0 Å². The molecule has 0 aromatic heterocycles. The number of ketones is 1. The van der Waals surface area contributed by atoms with Crippen LogP contribution in [-0.4, -0.2) is 69.8 Å². The summed E-state index contributed by atoms with van der Waals surface area (Å²) in [6.45, 7) is 6.26. The maximum atomic E-state index is 15.2. The maximum absolute atomic E-state index is 15.2. The molecule has 4 aliphatic rings. The summed E-state index contributed by atoms with van der Waals surface area (Å²) in [5.41, 5.74) is 3.10. The first kappa shape index (κ1) is 47.7. The summed E-state index contributed by atoms with van der Waals surface area (Å²) >= 11 is 4.87. The summed E-state index contributed by atoms with van der Waals surface area (Å²) in [7, 11) is 0. The molecule has 1 unspecified atom stereocenters. The molecule has 342 valence electrons. The van der Waals surface area contributed by atoms with Crippen LogP contribution >= 0.6 is 47.0 Å². The van der Waals surface area contributed by atoms with E-state index in [0.717, 1.165) is 43.1 Å². The summed E-state index contributed by atoms with van der Waals surface area (Å²) in [6, 6.07) is 27.5. The van der Waals surface area contributed by atoms with Crippen LogP contribution in [0.15, 0.2) is 174 Å². The van der Waals surface area contributed by atoms with Crippen molar-refractivity contribution in [3.63, 3.8) is 0 Å². The average Bonchev–Trinajstić information content (AvgIpc) is 3.94. The molecular weight excluding hydrogens is 941 g/mol. The highest BCUT2D eigenvalue weighted by atomic mass is 32.2. The van der Waals surface area contributed by atoms with Gasteiger partial charge in [0.25, 0.3) is 47.3 Å². The van der Waals surface area contributed by atoms with E-state index >= 15 is 4.79 Å². The number of carbonyl (C=O) groups is 9.